The number of nitrogens with zero attached hydrogens (tertiary/aromatic N) is 1. The first-order valence-corrected chi connectivity index (χ1v) is 6.64. The molecule has 4 amide bonds. The summed E-state index contributed by atoms with van der Waals surface area (Å²) in [6, 6.07) is 3.88. The highest BCUT2D eigenvalue weighted by Gasteiger charge is 2.34. The summed E-state index contributed by atoms with van der Waals surface area (Å²) in [5, 5.41) is 2.82. The molecule has 1 aromatic carbocycles. The molecule has 0 atom stereocenters. The van der Waals surface area contributed by atoms with E-state index in [4.69, 9.17) is 23.2 Å². The second-order valence-electron chi connectivity index (χ2n) is 4.19. The molecule has 1 N–H and O–H groups in total. The number of benzene rings is 1. The van der Waals surface area contributed by atoms with Crippen molar-refractivity contribution in [2.24, 2.45) is 0 Å². The van der Waals surface area contributed by atoms with E-state index in [0.29, 0.717) is 15.6 Å². The quantitative estimate of drug-likeness (QED) is 0.528. The summed E-state index contributed by atoms with van der Waals surface area (Å²) in [6.07, 6.45) is 2.71. The Morgan fingerprint density at radius 3 is 2.57 bits per heavy atom. The number of nitrogens with one attached hydrogen (secondary N) is 1. The van der Waals surface area contributed by atoms with E-state index in [1.54, 1.807) is 12.1 Å². The monoisotopic (exact) mass is 324 g/mol. The molecule has 0 unspecified atom stereocenters. The molecular formula is C14H10Cl2N2O3. The van der Waals surface area contributed by atoms with Crippen molar-refractivity contribution in [2.75, 3.05) is 6.54 Å². The van der Waals surface area contributed by atoms with Gasteiger partial charge in [-0.2, -0.15) is 0 Å². The molecule has 1 aromatic rings. The molecule has 1 aliphatic heterocycles. The van der Waals surface area contributed by atoms with E-state index >= 15 is 0 Å². The van der Waals surface area contributed by atoms with Gasteiger partial charge in [0.2, 0.25) is 0 Å². The van der Waals surface area contributed by atoms with Crippen LogP contribution in [0.3, 0.4) is 0 Å². The van der Waals surface area contributed by atoms with Gasteiger partial charge in [0.25, 0.3) is 11.8 Å². The number of halogens is 2. The molecule has 0 spiro atoms. The van der Waals surface area contributed by atoms with Crippen molar-refractivity contribution in [3.05, 3.63) is 52.0 Å². The smallest absolute Gasteiger partial charge is 0.273 e. The molecular weight excluding hydrogens is 315 g/mol. The molecule has 0 aliphatic carbocycles. The van der Waals surface area contributed by atoms with Crippen molar-refractivity contribution in [3.8, 4) is 0 Å². The Kier molecular flexibility index (Phi) is 4.45. The van der Waals surface area contributed by atoms with Crippen LogP contribution in [0.25, 0.3) is 6.08 Å². The van der Waals surface area contributed by atoms with Gasteiger partial charge < -0.3 is 0 Å². The Balaban J connectivity index is 2.42. The van der Waals surface area contributed by atoms with Crippen molar-refractivity contribution in [1.82, 2.24) is 10.2 Å². The maximum atomic E-state index is 12.2. The van der Waals surface area contributed by atoms with Crippen LogP contribution in [-0.4, -0.2) is 29.3 Å². The summed E-state index contributed by atoms with van der Waals surface area (Å²) < 4.78 is 0. The highest BCUT2D eigenvalue weighted by Crippen LogP contribution is 2.24. The summed E-state index contributed by atoms with van der Waals surface area (Å²) in [5.41, 5.74) is 0.271. The lowest BCUT2D eigenvalue weighted by molar-refractivity contribution is -0.129. The van der Waals surface area contributed by atoms with Crippen LogP contribution in [0.1, 0.15) is 5.56 Å². The highest BCUT2D eigenvalue weighted by molar-refractivity contribution is 6.36. The standard InChI is InChI=1S/C14H10Cl2N2O3/c1-2-5-18-13(20)10(12(19)17-14(18)21)6-8-3-4-9(15)7-11(8)16/h2-4,6-7H,1,5H2,(H,17,19,21)/b10-6-. The Bertz CT molecular complexity index is 683. The van der Waals surface area contributed by atoms with Gasteiger partial charge in [-0.1, -0.05) is 35.3 Å². The Morgan fingerprint density at radius 2 is 1.95 bits per heavy atom. The van der Waals surface area contributed by atoms with Crippen molar-refractivity contribution in [2.45, 2.75) is 0 Å². The van der Waals surface area contributed by atoms with Crippen molar-refractivity contribution < 1.29 is 14.4 Å². The fourth-order valence-electron chi connectivity index (χ4n) is 1.76. The maximum Gasteiger partial charge on any atom is 0.331 e. The highest BCUT2D eigenvalue weighted by atomic mass is 35.5. The molecule has 0 aromatic heterocycles. The predicted octanol–water partition coefficient (Wildman–Crippen LogP) is 2.64. The number of carbonyl (C=O) groups is 3. The number of imide groups is 2. The van der Waals surface area contributed by atoms with Crippen molar-refractivity contribution in [3.63, 3.8) is 0 Å². The minimum Gasteiger partial charge on any atom is -0.273 e. The van der Waals surface area contributed by atoms with Crippen LogP contribution in [0.2, 0.25) is 10.0 Å². The molecule has 2 rings (SSSR count). The van der Waals surface area contributed by atoms with Gasteiger partial charge in [0, 0.05) is 16.6 Å². The lowest BCUT2D eigenvalue weighted by atomic mass is 10.1. The number of amides is 4. The van der Waals surface area contributed by atoms with Crippen LogP contribution in [0.4, 0.5) is 4.79 Å². The minimum atomic E-state index is -0.774. The second-order valence-corrected chi connectivity index (χ2v) is 5.03. The van der Waals surface area contributed by atoms with Gasteiger partial charge in [0.15, 0.2) is 0 Å². The van der Waals surface area contributed by atoms with Crippen LogP contribution in [0.5, 0.6) is 0 Å². The first-order chi connectivity index (χ1) is 9.93. The maximum absolute atomic E-state index is 12.2. The molecule has 7 heteroatoms. The summed E-state index contributed by atoms with van der Waals surface area (Å²) in [5.74, 6) is -1.47. The molecule has 1 saturated heterocycles. The summed E-state index contributed by atoms with van der Waals surface area (Å²) in [6.45, 7) is 3.47. The fraction of sp³-hybridized carbons (Fsp3) is 0.0714. The van der Waals surface area contributed by atoms with E-state index in [9.17, 15) is 14.4 Å². The fourth-order valence-corrected chi connectivity index (χ4v) is 2.23. The lowest BCUT2D eigenvalue weighted by Gasteiger charge is -2.25. The third-order valence-corrected chi connectivity index (χ3v) is 3.32. The lowest BCUT2D eigenvalue weighted by Crippen LogP contribution is -2.54. The third kappa shape index (κ3) is 3.15. The molecule has 1 aliphatic rings. The molecule has 21 heavy (non-hydrogen) atoms. The van der Waals surface area contributed by atoms with Gasteiger partial charge in [-0.15, -0.1) is 6.58 Å². The molecule has 5 nitrogen and oxygen atoms in total. The van der Waals surface area contributed by atoms with E-state index in [1.165, 1.54) is 18.2 Å². The normalized spacial score (nSPS) is 17.1. The van der Waals surface area contributed by atoms with Crippen LogP contribution in [0.15, 0.2) is 36.4 Å². The average Bonchev–Trinajstić information content (AvgIpc) is 2.41. The average molecular weight is 325 g/mol. The molecule has 1 fully saturated rings. The Labute approximate surface area is 130 Å². The SMILES string of the molecule is C=CCN1C(=O)NC(=O)/C(=C/c2ccc(Cl)cc2Cl)C1=O. The summed E-state index contributed by atoms with van der Waals surface area (Å²) >= 11 is 11.8. The van der Waals surface area contributed by atoms with E-state index in [2.05, 4.69) is 11.9 Å². The minimum absolute atomic E-state index is 0.00361. The first-order valence-electron chi connectivity index (χ1n) is 5.89. The van der Waals surface area contributed by atoms with Crippen LogP contribution in [-0.2, 0) is 9.59 Å². The largest absolute Gasteiger partial charge is 0.331 e. The Hall–Kier alpha value is -2.11. The Morgan fingerprint density at radius 1 is 1.24 bits per heavy atom. The van der Waals surface area contributed by atoms with Gasteiger partial charge in [0.1, 0.15) is 5.57 Å². The summed E-state index contributed by atoms with van der Waals surface area (Å²) in [7, 11) is 0. The van der Waals surface area contributed by atoms with Crippen molar-refractivity contribution >= 4 is 47.1 Å². The number of urea groups is 1. The third-order valence-electron chi connectivity index (χ3n) is 2.76. The predicted molar refractivity (Wildman–Crippen MR) is 79.9 cm³/mol. The molecule has 0 radical (unpaired) electrons. The zero-order valence-corrected chi connectivity index (χ0v) is 12.2. The van der Waals surface area contributed by atoms with Gasteiger partial charge in [0.05, 0.1) is 0 Å². The molecule has 0 saturated carbocycles. The van der Waals surface area contributed by atoms with Crippen LogP contribution >= 0.6 is 23.2 Å². The van der Waals surface area contributed by atoms with E-state index in [1.807, 2.05) is 0 Å². The van der Waals surface area contributed by atoms with Crippen molar-refractivity contribution in [1.29, 1.82) is 0 Å². The molecule has 108 valence electrons. The molecule has 1 heterocycles. The van der Waals surface area contributed by atoms with Crippen LogP contribution < -0.4 is 5.32 Å². The van der Waals surface area contributed by atoms with Gasteiger partial charge in [-0.05, 0) is 23.8 Å². The number of carbonyl (C=O) groups excluding carboxylic acids is 3. The van der Waals surface area contributed by atoms with E-state index < -0.39 is 17.8 Å². The van der Waals surface area contributed by atoms with Crippen LogP contribution in [0, 0.1) is 0 Å². The number of rotatable bonds is 3. The zero-order chi connectivity index (χ0) is 15.6. The van der Waals surface area contributed by atoms with Gasteiger partial charge >= 0.3 is 6.03 Å². The van der Waals surface area contributed by atoms with Gasteiger partial charge in [-0.25, -0.2) is 4.79 Å². The zero-order valence-electron chi connectivity index (χ0n) is 10.7. The van der Waals surface area contributed by atoms with Gasteiger partial charge in [-0.3, -0.25) is 19.8 Å². The molecule has 0 bridgehead atoms. The van der Waals surface area contributed by atoms with E-state index in [-0.39, 0.29) is 12.1 Å². The first kappa shape index (κ1) is 15.3. The van der Waals surface area contributed by atoms with E-state index in [0.717, 1.165) is 4.90 Å². The topological polar surface area (TPSA) is 66.5 Å². The number of hydrogen-bond donors (Lipinski definition) is 1. The number of hydrogen-bond acceptors (Lipinski definition) is 3. The second kappa shape index (κ2) is 6.11. The number of barbiturate groups is 1. The summed E-state index contributed by atoms with van der Waals surface area (Å²) in [4.78, 5) is 36.4.